The van der Waals surface area contributed by atoms with Gasteiger partial charge in [0.1, 0.15) is 11.9 Å². The van der Waals surface area contributed by atoms with Crippen molar-refractivity contribution in [1.82, 2.24) is 10.2 Å². The van der Waals surface area contributed by atoms with E-state index < -0.39 is 6.10 Å². The van der Waals surface area contributed by atoms with Crippen LogP contribution in [0.4, 0.5) is 0 Å². The first kappa shape index (κ1) is 21.7. The summed E-state index contributed by atoms with van der Waals surface area (Å²) in [7, 11) is 0. The Bertz CT molecular complexity index is 669. The van der Waals surface area contributed by atoms with Crippen LogP contribution in [-0.4, -0.2) is 54.3 Å². The summed E-state index contributed by atoms with van der Waals surface area (Å²) in [5.41, 5.74) is 0. The fourth-order valence-electron chi connectivity index (χ4n) is 4.90. The predicted octanol–water partition coefficient (Wildman–Crippen LogP) is 3.13. The van der Waals surface area contributed by atoms with Crippen molar-refractivity contribution in [3.63, 3.8) is 0 Å². The smallest absolute Gasteiger partial charge is 0.222 e. The highest BCUT2D eigenvalue weighted by atomic mass is 35.5. The third kappa shape index (κ3) is 5.12. The van der Waals surface area contributed by atoms with E-state index in [1.807, 2.05) is 23.1 Å². The summed E-state index contributed by atoms with van der Waals surface area (Å²) in [6.45, 7) is 3.64. The number of fused-ring (bicyclic) bond motifs is 1. The molecule has 5 nitrogen and oxygen atoms in total. The van der Waals surface area contributed by atoms with Crippen LogP contribution in [0.25, 0.3) is 0 Å². The van der Waals surface area contributed by atoms with Crippen molar-refractivity contribution in [3.8, 4) is 5.75 Å². The van der Waals surface area contributed by atoms with Gasteiger partial charge < -0.3 is 20.1 Å². The molecule has 1 aromatic carbocycles. The average molecular weight is 429 g/mol. The van der Waals surface area contributed by atoms with E-state index in [-0.39, 0.29) is 24.4 Å². The van der Waals surface area contributed by atoms with E-state index in [1.165, 1.54) is 0 Å². The lowest BCUT2D eigenvalue weighted by Gasteiger charge is -2.35. The van der Waals surface area contributed by atoms with Crippen LogP contribution >= 0.6 is 24.0 Å². The largest absolute Gasteiger partial charge is 0.488 e. The quantitative estimate of drug-likeness (QED) is 0.772. The molecule has 4 rings (SSSR count). The zero-order valence-corrected chi connectivity index (χ0v) is 17.6. The van der Waals surface area contributed by atoms with Crippen molar-refractivity contribution in [2.45, 2.75) is 44.3 Å². The lowest BCUT2D eigenvalue weighted by molar-refractivity contribution is -0.131. The van der Waals surface area contributed by atoms with Gasteiger partial charge in [0.2, 0.25) is 5.91 Å². The lowest BCUT2D eigenvalue weighted by atomic mass is 9.78. The van der Waals surface area contributed by atoms with Crippen LogP contribution in [-0.2, 0) is 4.79 Å². The topological polar surface area (TPSA) is 61.8 Å². The van der Waals surface area contributed by atoms with Gasteiger partial charge in [0.05, 0.1) is 6.10 Å². The molecule has 28 heavy (non-hydrogen) atoms. The van der Waals surface area contributed by atoms with Crippen LogP contribution in [0.1, 0.15) is 32.1 Å². The standard InChI is InChI=1S/C21H29ClN2O3.ClH/c22-17-2-1-3-18(11-17)27-20-10-16-13-24(12-15(16)9-19(20)25)21(26)8-14-4-6-23-7-5-14;/h1-3,11,14-16,19-20,23,25H,4-10,12-13H2;1H/t15-,16+,19+,20+;/m0./s1. The second-order valence-electron chi connectivity index (χ2n) is 8.37. The molecule has 4 atom stereocenters. The van der Waals surface area contributed by atoms with E-state index in [9.17, 15) is 9.90 Å². The molecule has 0 bridgehead atoms. The van der Waals surface area contributed by atoms with Crippen LogP contribution in [0, 0.1) is 17.8 Å². The number of aliphatic hydroxyl groups excluding tert-OH is 1. The van der Waals surface area contributed by atoms with Gasteiger partial charge in [-0.1, -0.05) is 17.7 Å². The zero-order valence-electron chi connectivity index (χ0n) is 16.1. The Morgan fingerprint density at radius 3 is 2.64 bits per heavy atom. The Hall–Kier alpha value is -1.01. The lowest BCUT2D eigenvalue weighted by Crippen LogP contribution is -2.42. The Morgan fingerprint density at radius 1 is 1.21 bits per heavy atom. The number of benzene rings is 1. The number of carbonyl (C=O) groups excluding carboxylic acids is 1. The molecule has 3 aliphatic rings. The van der Waals surface area contributed by atoms with Gasteiger partial charge in [0, 0.05) is 24.5 Å². The number of hydrogen-bond acceptors (Lipinski definition) is 4. The van der Waals surface area contributed by atoms with Crippen molar-refractivity contribution in [1.29, 1.82) is 0 Å². The molecule has 0 radical (unpaired) electrons. The van der Waals surface area contributed by atoms with Crippen molar-refractivity contribution in [2.24, 2.45) is 17.8 Å². The van der Waals surface area contributed by atoms with E-state index >= 15 is 0 Å². The number of carbonyl (C=O) groups is 1. The summed E-state index contributed by atoms with van der Waals surface area (Å²) in [5, 5.41) is 14.6. The summed E-state index contributed by atoms with van der Waals surface area (Å²) in [5.74, 6) is 2.30. The molecule has 7 heteroatoms. The summed E-state index contributed by atoms with van der Waals surface area (Å²) in [4.78, 5) is 14.8. The molecule has 2 heterocycles. The molecule has 2 saturated heterocycles. The predicted molar refractivity (Wildman–Crippen MR) is 112 cm³/mol. The van der Waals surface area contributed by atoms with E-state index in [2.05, 4.69) is 5.32 Å². The number of likely N-dealkylation sites (tertiary alicyclic amines) is 1. The maximum Gasteiger partial charge on any atom is 0.222 e. The number of aliphatic hydroxyl groups is 1. The molecular formula is C21H30Cl2N2O3. The van der Waals surface area contributed by atoms with Crippen molar-refractivity contribution in [3.05, 3.63) is 29.3 Å². The fourth-order valence-corrected chi connectivity index (χ4v) is 5.08. The van der Waals surface area contributed by atoms with Gasteiger partial charge in [-0.25, -0.2) is 0 Å². The van der Waals surface area contributed by atoms with Gasteiger partial charge in [-0.15, -0.1) is 12.4 Å². The van der Waals surface area contributed by atoms with Crippen molar-refractivity contribution >= 4 is 29.9 Å². The maximum atomic E-state index is 12.7. The van der Waals surface area contributed by atoms with Gasteiger partial charge >= 0.3 is 0 Å². The highest BCUT2D eigenvalue weighted by molar-refractivity contribution is 6.30. The van der Waals surface area contributed by atoms with Crippen molar-refractivity contribution in [2.75, 3.05) is 26.2 Å². The minimum absolute atomic E-state index is 0. The molecule has 0 aromatic heterocycles. The molecule has 0 unspecified atom stereocenters. The van der Waals surface area contributed by atoms with Crippen LogP contribution in [0.2, 0.25) is 5.02 Å². The summed E-state index contributed by atoms with van der Waals surface area (Å²) in [6, 6.07) is 7.31. The first-order valence-electron chi connectivity index (χ1n) is 10.2. The van der Waals surface area contributed by atoms with E-state index in [1.54, 1.807) is 6.07 Å². The van der Waals surface area contributed by atoms with Crippen LogP contribution in [0.5, 0.6) is 5.75 Å². The first-order chi connectivity index (χ1) is 13.1. The van der Waals surface area contributed by atoms with E-state index in [0.29, 0.717) is 41.4 Å². The van der Waals surface area contributed by atoms with Crippen LogP contribution in [0.3, 0.4) is 0 Å². The number of ether oxygens (including phenoxy) is 1. The number of amides is 1. The van der Waals surface area contributed by atoms with Crippen LogP contribution in [0.15, 0.2) is 24.3 Å². The minimum atomic E-state index is -0.496. The Morgan fingerprint density at radius 2 is 1.93 bits per heavy atom. The number of nitrogens with one attached hydrogen (secondary N) is 1. The third-order valence-corrected chi connectivity index (χ3v) is 6.68. The molecule has 3 fully saturated rings. The summed E-state index contributed by atoms with van der Waals surface area (Å²) >= 11 is 6.03. The van der Waals surface area contributed by atoms with Crippen molar-refractivity contribution < 1.29 is 14.6 Å². The Labute approximate surface area is 178 Å². The number of hydrogen-bond donors (Lipinski definition) is 2. The molecule has 156 valence electrons. The molecule has 1 aliphatic carbocycles. The fraction of sp³-hybridized carbons (Fsp3) is 0.667. The third-order valence-electron chi connectivity index (χ3n) is 6.44. The SMILES string of the molecule is Cl.O=C(CC1CCNCC1)N1C[C@H]2C[C@@H](Oc3cccc(Cl)c3)[C@H](O)C[C@H]2C1. The van der Waals surface area contributed by atoms with Gasteiger partial charge in [-0.2, -0.15) is 0 Å². The normalized spacial score (nSPS) is 30.4. The second kappa shape index (κ2) is 9.66. The Kier molecular flexibility index (Phi) is 7.48. The minimum Gasteiger partial charge on any atom is -0.488 e. The van der Waals surface area contributed by atoms with Gasteiger partial charge in [-0.05, 0) is 74.7 Å². The molecule has 1 amide bonds. The number of nitrogens with zero attached hydrogens (tertiary/aromatic N) is 1. The molecular weight excluding hydrogens is 399 g/mol. The molecule has 2 N–H and O–H groups in total. The highest BCUT2D eigenvalue weighted by Crippen LogP contribution is 2.38. The van der Waals surface area contributed by atoms with Gasteiger partial charge in [-0.3, -0.25) is 4.79 Å². The monoisotopic (exact) mass is 428 g/mol. The number of piperidine rings is 1. The summed E-state index contributed by atoms with van der Waals surface area (Å²) < 4.78 is 6.03. The molecule has 2 aliphatic heterocycles. The number of halogens is 2. The summed E-state index contributed by atoms with van der Waals surface area (Å²) in [6.07, 6.45) is 3.63. The molecule has 1 aromatic rings. The first-order valence-corrected chi connectivity index (χ1v) is 10.5. The molecule has 1 saturated carbocycles. The highest BCUT2D eigenvalue weighted by Gasteiger charge is 2.44. The van der Waals surface area contributed by atoms with Crippen LogP contribution < -0.4 is 10.1 Å². The maximum absolute atomic E-state index is 12.7. The number of rotatable bonds is 4. The van der Waals surface area contributed by atoms with E-state index in [4.69, 9.17) is 16.3 Å². The average Bonchev–Trinajstić information content (AvgIpc) is 3.06. The van der Waals surface area contributed by atoms with Gasteiger partial charge in [0.15, 0.2) is 0 Å². The zero-order chi connectivity index (χ0) is 18.8. The molecule has 0 spiro atoms. The van der Waals surface area contributed by atoms with Gasteiger partial charge in [0.25, 0.3) is 0 Å². The second-order valence-corrected chi connectivity index (χ2v) is 8.81. The van der Waals surface area contributed by atoms with E-state index in [0.717, 1.165) is 45.4 Å². The Balaban J connectivity index is 0.00000225.